The Kier molecular flexibility index (Phi) is 9.75. The lowest BCUT2D eigenvalue weighted by atomic mass is 9.77. The minimum atomic E-state index is -1.49. The van der Waals surface area contributed by atoms with Crippen LogP contribution in [-0.4, -0.2) is 44.2 Å². The highest BCUT2D eigenvalue weighted by Crippen LogP contribution is 2.36. The molecule has 1 aliphatic heterocycles. The molecular weight excluding hydrogens is 324 g/mol. The smallest absolute Gasteiger partial charge is 0.326 e. The van der Waals surface area contributed by atoms with E-state index in [0.29, 0.717) is 19.4 Å². The summed E-state index contributed by atoms with van der Waals surface area (Å²) >= 11 is 0. The van der Waals surface area contributed by atoms with Crippen LogP contribution in [0.15, 0.2) is 12.7 Å². The van der Waals surface area contributed by atoms with Gasteiger partial charge >= 0.3 is 11.9 Å². The van der Waals surface area contributed by atoms with Crippen molar-refractivity contribution in [3.05, 3.63) is 12.7 Å². The Hall–Kier alpha value is -1.40. The number of rotatable bonds is 11. The first-order valence-corrected chi connectivity index (χ1v) is 9.25. The fourth-order valence-corrected chi connectivity index (χ4v) is 3.03. The van der Waals surface area contributed by atoms with Crippen LogP contribution in [0.3, 0.4) is 0 Å². The molecule has 1 heterocycles. The minimum Gasteiger partial charge on any atom is -0.465 e. The van der Waals surface area contributed by atoms with Crippen LogP contribution in [0.1, 0.15) is 59.3 Å². The summed E-state index contributed by atoms with van der Waals surface area (Å²) in [5, 5.41) is 0. The average Bonchev–Trinajstić information content (AvgIpc) is 2.60. The lowest BCUT2D eigenvalue weighted by Gasteiger charge is -2.36. The highest BCUT2D eigenvalue weighted by atomic mass is 16.7. The number of carbonyl (C=O) groups is 2. The molecule has 1 rings (SSSR count). The van der Waals surface area contributed by atoms with Crippen molar-refractivity contribution in [1.29, 1.82) is 0 Å². The summed E-state index contributed by atoms with van der Waals surface area (Å²) in [6.45, 7) is 9.85. The van der Waals surface area contributed by atoms with E-state index in [1.165, 1.54) is 0 Å². The molecule has 6 nitrogen and oxygen atoms in total. The Labute approximate surface area is 150 Å². The number of allylic oxidation sites excluding steroid dienone is 1. The van der Waals surface area contributed by atoms with Gasteiger partial charge in [-0.15, -0.1) is 6.58 Å². The molecular formula is C19H32O6. The lowest BCUT2D eigenvalue weighted by molar-refractivity contribution is -0.221. The van der Waals surface area contributed by atoms with Gasteiger partial charge in [0.25, 0.3) is 0 Å². The molecule has 0 aromatic heterocycles. The molecule has 0 radical (unpaired) electrons. The van der Waals surface area contributed by atoms with Gasteiger partial charge in [0, 0.05) is 6.61 Å². The monoisotopic (exact) mass is 356 g/mol. The van der Waals surface area contributed by atoms with Crippen molar-refractivity contribution < 1.29 is 28.5 Å². The van der Waals surface area contributed by atoms with Crippen molar-refractivity contribution in [3.8, 4) is 0 Å². The van der Waals surface area contributed by atoms with Gasteiger partial charge in [0.2, 0.25) is 0 Å². The predicted octanol–water partition coefficient (Wildman–Crippen LogP) is 3.39. The molecule has 0 aliphatic carbocycles. The number of esters is 2. The molecule has 144 valence electrons. The summed E-state index contributed by atoms with van der Waals surface area (Å²) in [5.74, 6) is -1.19. The summed E-state index contributed by atoms with van der Waals surface area (Å²) < 4.78 is 22.0. The highest BCUT2D eigenvalue weighted by molar-refractivity contribution is 6.00. The van der Waals surface area contributed by atoms with Crippen LogP contribution < -0.4 is 0 Å². The number of ether oxygens (including phenoxy) is 4. The largest absolute Gasteiger partial charge is 0.465 e. The molecule has 1 fully saturated rings. The standard InChI is InChI=1S/C19H32O6/c1-5-8-10-13-19(17(20)22-6-2,18(21)23-7-3)15(4)25-16-12-9-11-14-24-16/h5,15-16H,1,6-14H2,2-4H3. The molecule has 0 aromatic carbocycles. The van der Waals surface area contributed by atoms with Gasteiger partial charge in [-0.3, -0.25) is 9.59 Å². The molecule has 0 amide bonds. The number of unbranched alkanes of at least 4 members (excludes halogenated alkanes) is 1. The Morgan fingerprint density at radius 3 is 2.36 bits per heavy atom. The van der Waals surface area contributed by atoms with E-state index in [2.05, 4.69) is 6.58 Å². The Balaban J connectivity index is 3.06. The fraction of sp³-hybridized carbons (Fsp3) is 0.789. The second kappa shape index (κ2) is 11.3. The van der Waals surface area contributed by atoms with Crippen LogP contribution in [0.25, 0.3) is 0 Å². The maximum Gasteiger partial charge on any atom is 0.326 e. The van der Waals surface area contributed by atoms with Gasteiger partial charge in [-0.2, -0.15) is 0 Å². The predicted molar refractivity (Wildman–Crippen MR) is 93.9 cm³/mol. The maximum absolute atomic E-state index is 12.8. The van der Waals surface area contributed by atoms with Gasteiger partial charge in [0.15, 0.2) is 11.7 Å². The van der Waals surface area contributed by atoms with Crippen LogP contribution >= 0.6 is 0 Å². The van der Waals surface area contributed by atoms with E-state index in [-0.39, 0.29) is 19.6 Å². The summed E-state index contributed by atoms with van der Waals surface area (Å²) in [6, 6.07) is 0. The first kappa shape index (κ1) is 21.6. The van der Waals surface area contributed by atoms with Gasteiger partial charge in [0.05, 0.1) is 19.3 Å². The van der Waals surface area contributed by atoms with E-state index in [1.54, 1.807) is 26.8 Å². The average molecular weight is 356 g/mol. The SMILES string of the molecule is C=CCCCC(C(=O)OCC)(C(=O)OCC)C(C)OC1CCCCO1. The van der Waals surface area contributed by atoms with Gasteiger partial charge in [-0.1, -0.05) is 6.08 Å². The zero-order valence-electron chi connectivity index (χ0n) is 15.8. The van der Waals surface area contributed by atoms with Gasteiger partial charge in [0.1, 0.15) is 0 Å². The van der Waals surface area contributed by atoms with Crippen LogP contribution in [0.5, 0.6) is 0 Å². The molecule has 0 N–H and O–H groups in total. The lowest BCUT2D eigenvalue weighted by Crippen LogP contribution is -2.52. The second-order valence-electron chi connectivity index (χ2n) is 6.17. The first-order valence-electron chi connectivity index (χ1n) is 9.25. The second-order valence-corrected chi connectivity index (χ2v) is 6.17. The van der Waals surface area contributed by atoms with E-state index in [1.807, 2.05) is 0 Å². The normalized spacial score (nSPS) is 19.1. The molecule has 0 bridgehead atoms. The summed E-state index contributed by atoms with van der Waals surface area (Å²) in [5.41, 5.74) is -1.49. The van der Waals surface area contributed by atoms with Crippen molar-refractivity contribution in [3.63, 3.8) is 0 Å². The quantitative estimate of drug-likeness (QED) is 0.245. The molecule has 0 aromatic rings. The zero-order chi connectivity index (χ0) is 18.7. The third-order valence-corrected chi connectivity index (χ3v) is 4.45. The number of hydrogen-bond acceptors (Lipinski definition) is 6. The minimum absolute atomic E-state index is 0.189. The van der Waals surface area contributed by atoms with Crippen LogP contribution in [0.2, 0.25) is 0 Å². The van der Waals surface area contributed by atoms with Crippen molar-refractivity contribution >= 4 is 11.9 Å². The van der Waals surface area contributed by atoms with Crippen molar-refractivity contribution in [2.75, 3.05) is 19.8 Å². The Morgan fingerprint density at radius 1 is 1.24 bits per heavy atom. The molecule has 0 spiro atoms. The number of carbonyl (C=O) groups excluding carboxylic acids is 2. The fourth-order valence-electron chi connectivity index (χ4n) is 3.03. The Morgan fingerprint density at radius 2 is 1.88 bits per heavy atom. The van der Waals surface area contributed by atoms with E-state index >= 15 is 0 Å². The third-order valence-electron chi connectivity index (χ3n) is 4.45. The van der Waals surface area contributed by atoms with E-state index < -0.39 is 29.7 Å². The maximum atomic E-state index is 12.8. The van der Waals surface area contributed by atoms with Gasteiger partial charge in [-0.05, 0) is 59.3 Å². The van der Waals surface area contributed by atoms with E-state index in [0.717, 1.165) is 19.3 Å². The highest BCUT2D eigenvalue weighted by Gasteiger charge is 2.54. The zero-order valence-corrected chi connectivity index (χ0v) is 15.8. The molecule has 1 saturated heterocycles. The van der Waals surface area contributed by atoms with Gasteiger partial charge in [-0.25, -0.2) is 0 Å². The molecule has 0 saturated carbocycles. The van der Waals surface area contributed by atoms with Gasteiger partial charge < -0.3 is 18.9 Å². The Bertz CT molecular complexity index is 410. The third kappa shape index (κ3) is 5.82. The van der Waals surface area contributed by atoms with Crippen molar-refractivity contribution in [2.24, 2.45) is 5.41 Å². The number of hydrogen-bond donors (Lipinski definition) is 0. The summed E-state index contributed by atoms with van der Waals surface area (Å²) in [4.78, 5) is 25.6. The molecule has 6 heteroatoms. The summed E-state index contributed by atoms with van der Waals surface area (Å²) in [7, 11) is 0. The molecule has 2 atom stereocenters. The van der Waals surface area contributed by atoms with Crippen LogP contribution in [0.4, 0.5) is 0 Å². The van der Waals surface area contributed by atoms with Crippen LogP contribution in [0, 0.1) is 5.41 Å². The van der Waals surface area contributed by atoms with E-state index in [4.69, 9.17) is 18.9 Å². The molecule has 25 heavy (non-hydrogen) atoms. The van der Waals surface area contributed by atoms with Crippen LogP contribution in [-0.2, 0) is 28.5 Å². The van der Waals surface area contributed by atoms with Crippen molar-refractivity contribution in [2.45, 2.75) is 71.7 Å². The molecule has 2 unspecified atom stereocenters. The van der Waals surface area contributed by atoms with E-state index in [9.17, 15) is 9.59 Å². The first-order chi connectivity index (χ1) is 12.0. The molecule has 1 aliphatic rings. The summed E-state index contributed by atoms with van der Waals surface area (Å²) in [6.07, 6.45) is 4.96. The topological polar surface area (TPSA) is 71.1 Å². The van der Waals surface area contributed by atoms with Crippen molar-refractivity contribution in [1.82, 2.24) is 0 Å².